The minimum absolute atomic E-state index is 0.0429. The topological polar surface area (TPSA) is 209 Å². The largest absolute Gasteiger partial charge is 0.490 e. The summed E-state index contributed by atoms with van der Waals surface area (Å²) in [5.41, 5.74) is 1.58. The second kappa shape index (κ2) is 14.9. The lowest BCUT2D eigenvalue weighted by Gasteiger charge is -2.17. The van der Waals surface area contributed by atoms with Crippen molar-refractivity contribution in [1.82, 2.24) is 15.3 Å². The number of nitro groups is 1. The number of methoxy groups -OCH3 is 1. The van der Waals surface area contributed by atoms with E-state index in [0.29, 0.717) is 22.6 Å². The van der Waals surface area contributed by atoms with Crippen LogP contribution in [0.3, 0.4) is 0 Å². The summed E-state index contributed by atoms with van der Waals surface area (Å²) in [6, 6.07) is 10.1. The molecule has 3 aromatic rings. The third-order valence-electron chi connectivity index (χ3n) is 6.02. The molecule has 1 atom stereocenters. The number of amides is 2. The number of benzene rings is 2. The van der Waals surface area contributed by atoms with Crippen LogP contribution in [0.1, 0.15) is 36.7 Å². The van der Waals surface area contributed by atoms with Crippen LogP contribution in [0.4, 0.5) is 17.3 Å². The van der Waals surface area contributed by atoms with Crippen LogP contribution in [0.25, 0.3) is 0 Å². The van der Waals surface area contributed by atoms with Crippen LogP contribution < -0.4 is 20.1 Å². The first-order chi connectivity index (χ1) is 20.8. The van der Waals surface area contributed by atoms with Gasteiger partial charge in [-0.25, -0.2) is 27.9 Å². The summed E-state index contributed by atoms with van der Waals surface area (Å²) < 4.78 is 37.8. The van der Waals surface area contributed by atoms with E-state index in [-0.39, 0.29) is 48.2 Å². The first-order valence-electron chi connectivity index (χ1n) is 13.3. The van der Waals surface area contributed by atoms with Crippen LogP contribution >= 0.6 is 0 Å². The Kier molecular flexibility index (Phi) is 11.3. The van der Waals surface area contributed by atoms with E-state index in [1.54, 1.807) is 26.8 Å². The Morgan fingerprint density at radius 3 is 2.20 bits per heavy atom. The molecule has 0 saturated heterocycles. The molecular weight excluding hydrogens is 596 g/mol. The second-order valence-corrected chi connectivity index (χ2v) is 11.2. The minimum Gasteiger partial charge on any atom is -0.490 e. The number of carbonyl (C=O) groups is 3. The van der Waals surface area contributed by atoms with E-state index < -0.39 is 38.8 Å². The molecule has 0 spiro atoms. The molecule has 0 fully saturated rings. The molecular formula is C28H32N6O9S. The highest BCUT2D eigenvalue weighted by Crippen LogP contribution is 2.28. The average molecular weight is 629 g/mol. The number of nitro benzene ring substituents is 1. The lowest BCUT2D eigenvalue weighted by atomic mass is 10.0. The summed E-state index contributed by atoms with van der Waals surface area (Å²) in [6.07, 6.45) is -0.626. The second-order valence-electron chi connectivity index (χ2n) is 9.49. The van der Waals surface area contributed by atoms with E-state index in [4.69, 9.17) is 9.47 Å². The van der Waals surface area contributed by atoms with E-state index in [0.717, 1.165) is 0 Å². The number of hydrogen-bond donors (Lipinski definition) is 3. The van der Waals surface area contributed by atoms with Crippen LogP contribution in [0.15, 0.2) is 53.4 Å². The fourth-order valence-electron chi connectivity index (χ4n) is 4.06. The highest BCUT2D eigenvalue weighted by Gasteiger charge is 2.25. The van der Waals surface area contributed by atoms with Crippen LogP contribution in [-0.4, -0.2) is 60.9 Å². The smallest absolute Gasteiger partial charge is 0.328 e. The monoisotopic (exact) mass is 628 g/mol. The van der Waals surface area contributed by atoms with Crippen molar-refractivity contribution in [2.75, 3.05) is 23.8 Å². The van der Waals surface area contributed by atoms with Gasteiger partial charge in [0.1, 0.15) is 6.04 Å². The predicted octanol–water partition coefficient (Wildman–Crippen LogP) is 2.82. The molecule has 0 aliphatic carbocycles. The van der Waals surface area contributed by atoms with E-state index in [9.17, 15) is 32.9 Å². The van der Waals surface area contributed by atoms with Crippen molar-refractivity contribution in [2.24, 2.45) is 0 Å². The Hall–Kier alpha value is -5.12. The number of hydrogen-bond acceptors (Lipinski definition) is 11. The molecule has 2 amide bonds. The van der Waals surface area contributed by atoms with Gasteiger partial charge in [0.05, 0.1) is 23.5 Å². The zero-order chi connectivity index (χ0) is 32.4. The Morgan fingerprint density at radius 2 is 1.61 bits per heavy atom. The predicted molar refractivity (Wildman–Crippen MR) is 159 cm³/mol. The number of aryl methyl sites for hydroxylation is 2. The zero-order valence-corrected chi connectivity index (χ0v) is 25.3. The van der Waals surface area contributed by atoms with Gasteiger partial charge in [-0.05, 0) is 62.7 Å². The summed E-state index contributed by atoms with van der Waals surface area (Å²) >= 11 is 0. The number of ether oxygens (including phenoxy) is 2. The maximum Gasteiger partial charge on any atom is 0.328 e. The Morgan fingerprint density at radius 1 is 0.977 bits per heavy atom. The zero-order valence-electron chi connectivity index (χ0n) is 24.4. The Bertz CT molecular complexity index is 1630. The summed E-state index contributed by atoms with van der Waals surface area (Å²) in [7, 11) is -2.69. The standard InChI is InChI=1S/C28H32N6O9S/c1-5-43-27(37)22(15-19-6-11-24(42-4)23(16-19)34(38)39)32-26(36)13-12-25(35)31-20-7-9-21(10-8-20)44(40,41)33-28-29-17(2)14-18(3)30-28/h6-11,14,16,22H,5,12-13,15H2,1-4H3,(H,31,35)(H,32,36)(H,29,30,33)/t22-/m1/s1. The maximum absolute atomic E-state index is 12.7. The fourth-order valence-corrected chi connectivity index (χ4v) is 5.01. The van der Waals surface area contributed by atoms with E-state index in [1.807, 2.05) is 0 Å². The van der Waals surface area contributed by atoms with Gasteiger partial charge in [0.25, 0.3) is 10.0 Å². The molecule has 1 heterocycles. The van der Waals surface area contributed by atoms with E-state index in [2.05, 4.69) is 25.3 Å². The number of sulfonamides is 1. The number of anilines is 2. The Balaban J connectivity index is 1.58. The number of carbonyl (C=O) groups excluding carboxylic acids is 3. The number of rotatable bonds is 14. The van der Waals surface area contributed by atoms with Gasteiger partial charge in [0.15, 0.2) is 5.75 Å². The van der Waals surface area contributed by atoms with Gasteiger partial charge in [-0.1, -0.05) is 6.07 Å². The van der Waals surface area contributed by atoms with Gasteiger partial charge >= 0.3 is 11.7 Å². The SMILES string of the molecule is CCOC(=O)[C@@H](Cc1ccc(OC)c([N+](=O)[O-])c1)NC(=O)CCC(=O)Nc1ccc(S(=O)(=O)Nc2nc(C)cc(C)n2)cc1. The molecule has 0 aliphatic rings. The number of nitrogens with one attached hydrogen (secondary N) is 3. The lowest BCUT2D eigenvalue weighted by molar-refractivity contribution is -0.385. The molecule has 0 unspecified atom stereocenters. The fraction of sp³-hybridized carbons (Fsp3) is 0.321. The lowest BCUT2D eigenvalue weighted by Crippen LogP contribution is -2.43. The molecule has 3 N–H and O–H groups in total. The van der Waals surface area contributed by atoms with Crippen molar-refractivity contribution < 1.29 is 37.2 Å². The molecule has 1 aromatic heterocycles. The van der Waals surface area contributed by atoms with Crippen molar-refractivity contribution in [3.63, 3.8) is 0 Å². The molecule has 3 rings (SSSR count). The third kappa shape index (κ3) is 9.45. The summed E-state index contributed by atoms with van der Waals surface area (Å²) in [6.45, 7) is 5.07. The molecule has 16 heteroatoms. The molecule has 0 saturated carbocycles. The van der Waals surface area contributed by atoms with Crippen molar-refractivity contribution in [3.05, 3.63) is 75.6 Å². The molecule has 15 nitrogen and oxygen atoms in total. The van der Waals surface area contributed by atoms with Crippen LogP contribution in [0.5, 0.6) is 5.75 Å². The molecule has 0 bridgehead atoms. The minimum atomic E-state index is -3.99. The number of esters is 1. The number of aromatic nitrogens is 2. The van der Waals surface area contributed by atoms with Crippen molar-refractivity contribution >= 4 is 45.1 Å². The molecule has 234 valence electrons. The maximum atomic E-state index is 12.7. The van der Waals surface area contributed by atoms with Gasteiger partial charge in [0, 0.05) is 42.4 Å². The van der Waals surface area contributed by atoms with Crippen molar-refractivity contribution in [2.45, 2.75) is 51.0 Å². The van der Waals surface area contributed by atoms with Crippen LogP contribution in [0.2, 0.25) is 0 Å². The Labute approximate surface area is 253 Å². The normalized spacial score (nSPS) is 11.6. The van der Waals surface area contributed by atoms with Crippen LogP contribution in [0, 0.1) is 24.0 Å². The van der Waals surface area contributed by atoms with E-state index >= 15 is 0 Å². The summed E-state index contributed by atoms with van der Waals surface area (Å²) in [5.74, 6) is -1.91. The van der Waals surface area contributed by atoms with Gasteiger partial charge in [-0.3, -0.25) is 19.7 Å². The van der Waals surface area contributed by atoms with Gasteiger partial charge in [-0.2, -0.15) is 0 Å². The molecule has 0 aliphatic heterocycles. The van der Waals surface area contributed by atoms with Crippen molar-refractivity contribution in [1.29, 1.82) is 0 Å². The van der Waals surface area contributed by atoms with Crippen molar-refractivity contribution in [3.8, 4) is 5.75 Å². The first-order valence-corrected chi connectivity index (χ1v) is 14.8. The average Bonchev–Trinajstić information content (AvgIpc) is 2.95. The molecule has 2 aromatic carbocycles. The highest BCUT2D eigenvalue weighted by atomic mass is 32.2. The number of nitrogens with zero attached hydrogens (tertiary/aromatic N) is 3. The quantitative estimate of drug-likeness (QED) is 0.134. The van der Waals surface area contributed by atoms with E-state index in [1.165, 1.54) is 49.6 Å². The van der Waals surface area contributed by atoms with Gasteiger partial charge < -0.3 is 20.1 Å². The van der Waals surface area contributed by atoms with Gasteiger partial charge in [-0.15, -0.1) is 0 Å². The molecule has 44 heavy (non-hydrogen) atoms. The molecule has 0 radical (unpaired) electrons. The summed E-state index contributed by atoms with van der Waals surface area (Å²) in [5, 5.41) is 16.5. The summed E-state index contributed by atoms with van der Waals surface area (Å²) in [4.78, 5) is 56.4. The van der Waals surface area contributed by atoms with Gasteiger partial charge in [0.2, 0.25) is 17.8 Å². The highest BCUT2D eigenvalue weighted by molar-refractivity contribution is 7.92. The van der Waals surface area contributed by atoms with Crippen LogP contribution in [-0.2, 0) is 35.6 Å². The third-order valence-corrected chi connectivity index (χ3v) is 7.37. The first kappa shape index (κ1) is 33.4.